The normalized spacial score (nSPS) is 10.8. The van der Waals surface area contributed by atoms with Gasteiger partial charge in [-0.15, -0.1) is 0 Å². The summed E-state index contributed by atoms with van der Waals surface area (Å²) in [5, 5.41) is 8.65. The molecule has 0 saturated carbocycles. The summed E-state index contributed by atoms with van der Waals surface area (Å²) >= 11 is 0. The van der Waals surface area contributed by atoms with E-state index in [1.165, 1.54) is 18.2 Å². The zero-order valence-electron chi connectivity index (χ0n) is 11.2. The van der Waals surface area contributed by atoms with Crippen LogP contribution in [0.3, 0.4) is 0 Å². The summed E-state index contributed by atoms with van der Waals surface area (Å²) in [6.45, 7) is 0. The first-order valence-electron chi connectivity index (χ1n) is 6.33. The molecule has 0 aliphatic rings. The fraction of sp³-hybridized carbons (Fsp3) is 0.0625. The molecule has 0 aromatic heterocycles. The Hall–Kier alpha value is -2.66. The number of anilines is 1. The molecule has 0 heterocycles. The number of benzene rings is 2. The number of rotatable bonds is 5. The Morgan fingerprint density at radius 1 is 1.24 bits per heavy atom. The van der Waals surface area contributed by atoms with E-state index in [0.29, 0.717) is 6.42 Å². The SMILES string of the molecule is NNc1ccc(/C=C/C(=O)O)cc1Cc1ccc(F)cc1. The number of carbonyl (C=O) groups is 1. The lowest BCUT2D eigenvalue weighted by Crippen LogP contribution is -2.09. The van der Waals surface area contributed by atoms with Crippen molar-refractivity contribution in [2.24, 2.45) is 5.84 Å². The molecular formula is C16H15FN2O2. The molecule has 2 aromatic carbocycles. The van der Waals surface area contributed by atoms with Crippen molar-refractivity contribution in [1.29, 1.82) is 0 Å². The lowest BCUT2D eigenvalue weighted by atomic mass is 10.0. The predicted molar refractivity (Wildman–Crippen MR) is 80.1 cm³/mol. The third-order valence-electron chi connectivity index (χ3n) is 3.01. The number of nitrogens with one attached hydrogen (secondary N) is 1. The van der Waals surface area contributed by atoms with Gasteiger partial charge in [0.25, 0.3) is 0 Å². The van der Waals surface area contributed by atoms with Crippen LogP contribution in [0.2, 0.25) is 0 Å². The number of aliphatic carboxylic acids is 1. The van der Waals surface area contributed by atoms with Crippen LogP contribution in [-0.2, 0) is 11.2 Å². The monoisotopic (exact) mass is 286 g/mol. The van der Waals surface area contributed by atoms with Gasteiger partial charge in [-0.05, 0) is 53.5 Å². The van der Waals surface area contributed by atoms with Crippen LogP contribution < -0.4 is 11.3 Å². The van der Waals surface area contributed by atoms with Gasteiger partial charge in [-0.1, -0.05) is 18.2 Å². The Morgan fingerprint density at radius 2 is 1.95 bits per heavy atom. The van der Waals surface area contributed by atoms with E-state index in [2.05, 4.69) is 5.43 Å². The molecule has 21 heavy (non-hydrogen) atoms. The van der Waals surface area contributed by atoms with E-state index >= 15 is 0 Å². The van der Waals surface area contributed by atoms with Crippen LogP contribution in [0.15, 0.2) is 48.5 Å². The molecule has 0 radical (unpaired) electrons. The van der Waals surface area contributed by atoms with Crippen LogP contribution in [0.5, 0.6) is 0 Å². The number of halogens is 1. The second kappa shape index (κ2) is 6.67. The van der Waals surface area contributed by atoms with Gasteiger partial charge in [0, 0.05) is 6.08 Å². The zero-order valence-corrected chi connectivity index (χ0v) is 11.2. The van der Waals surface area contributed by atoms with Gasteiger partial charge in [0.1, 0.15) is 5.82 Å². The highest BCUT2D eigenvalue weighted by Crippen LogP contribution is 2.21. The van der Waals surface area contributed by atoms with Crippen LogP contribution in [0.4, 0.5) is 10.1 Å². The summed E-state index contributed by atoms with van der Waals surface area (Å²) in [5.41, 5.74) is 5.94. The lowest BCUT2D eigenvalue weighted by Gasteiger charge is -2.10. The van der Waals surface area contributed by atoms with Crippen molar-refractivity contribution in [2.75, 3.05) is 5.43 Å². The lowest BCUT2D eigenvalue weighted by molar-refractivity contribution is -0.131. The van der Waals surface area contributed by atoms with E-state index in [1.54, 1.807) is 24.3 Å². The maximum absolute atomic E-state index is 12.9. The number of carboxylic acid groups (broad SMARTS) is 1. The molecule has 0 unspecified atom stereocenters. The van der Waals surface area contributed by atoms with Gasteiger partial charge < -0.3 is 10.5 Å². The molecule has 0 spiro atoms. The first-order valence-corrected chi connectivity index (χ1v) is 6.33. The standard InChI is InChI=1S/C16H15FN2O2/c17-14-5-1-11(2-6-14)9-13-10-12(4-8-16(20)21)3-7-15(13)19-18/h1-8,10,19H,9,18H2,(H,20,21)/b8-4+. The number of hydrazine groups is 1. The largest absolute Gasteiger partial charge is 0.478 e. The number of hydrogen-bond donors (Lipinski definition) is 3. The van der Waals surface area contributed by atoms with Gasteiger partial charge >= 0.3 is 5.97 Å². The predicted octanol–water partition coefficient (Wildman–Crippen LogP) is 2.80. The Bertz CT molecular complexity index is 666. The van der Waals surface area contributed by atoms with E-state index < -0.39 is 5.97 Å². The van der Waals surface area contributed by atoms with Crippen LogP contribution in [0.25, 0.3) is 6.08 Å². The van der Waals surface area contributed by atoms with Crippen molar-refractivity contribution >= 4 is 17.7 Å². The van der Waals surface area contributed by atoms with Crippen LogP contribution in [0, 0.1) is 5.82 Å². The second-order valence-electron chi connectivity index (χ2n) is 4.54. The maximum Gasteiger partial charge on any atom is 0.328 e. The smallest absolute Gasteiger partial charge is 0.328 e. The van der Waals surface area contributed by atoms with Crippen molar-refractivity contribution in [3.63, 3.8) is 0 Å². The second-order valence-corrected chi connectivity index (χ2v) is 4.54. The van der Waals surface area contributed by atoms with Gasteiger partial charge in [-0.2, -0.15) is 0 Å². The third kappa shape index (κ3) is 4.15. The Labute approximate surface area is 121 Å². The summed E-state index contributed by atoms with van der Waals surface area (Å²) in [5.74, 6) is 4.19. The summed E-state index contributed by atoms with van der Waals surface area (Å²) in [6, 6.07) is 11.6. The minimum atomic E-state index is -1.00. The maximum atomic E-state index is 12.9. The average Bonchev–Trinajstić information content (AvgIpc) is 2.48. The number of nitrogen functional groups attached to an aromatic ring is 1. The Balaban J connectivity index is 2.29. The average molecular weight is 286 g/mol. The molecule has 4 N–H and O–H groups in total. The molecule has 2 aromatic rings. The van der Waals surface area contributed by atoms with Crippen molar-refractivity contribution in [2.45, 2.75) is 6.42 Å². The Kier molecular flexibility index (Phi) is 4.68. The van der Waals surface area contributed by atoms with Crippen molar-refractivity contribution < 1.29 is 14.3 Å². The fourth-order valence-corrected chi connectivity index (χ4v) is 1.99. The minimum absolute atomic E-state index is 0.283. The highest BCUT2D eigenvalue weighted by atomic mass is 19.1. The molecule has 108 valence electrons. The fourth-order valence-electron chi connectivity index (χ4n) is 1.99. The van der Waals surface area contributed by atoms with E-state index in [9.17, 15) is 9.18 Å². The molecule has 0 bridgehead atoms. The number of carboxylic acids is 1. The van der Waals surface area contributed by atoms with E-state index in [4.69, 9.17) is 10.9 Å². The molecular weight excluding hydrogens is 271 g/mol. The molecule has 0 saturated heterocycles. The highest BCUT2D eigenvalue weighted by molar-refractivity contribution is 5.85. The van der Waals surface area contributed by atoms with Gasteiger partial charge in [-0.25, -0.2) is 9.18 Å². The number of hydrogen-bond acceptors (Lipinski definition) is 3. The van der Waals surface area contributed by atoms with Gasteiger partial charge in [0.05, 0.1) is 5.69 Å². The van der Waals surface area contributed by atoms with Crippen molar-refractivity contribution in [3.05, 3.63) is 71.0 Å². The highest BCUT2D eigenvalue weighted by Gasteiger charge is 2.04. The summed E-state index contributed by atoms with van der Waals surface area (Å²) < 4.78 is 12.9. The topological polar surface area (TPSA) is 75.3 Å². The first kappa shape index (κ1) is 14.7. The van der Waals surface area contributed by atoms with Crippen LogP contribution in [-0.4, -0.2) is 11.1 Å². The van der Waals surface area contributed by atoms with Gasteiger partial charge in [-0.3, -0.25) is 5.84 Å². The van der Waals surface area contributed by atoms with E-state index in [0.717, 1.165) is 28.5 Å². The quantitative estimate of drug-likeness (QED) is 0.449. The molecule has 0 amide bonds. The molecule has 0 fully saturated rings. The van der Waals surface area contributed by atoms with E-state index in [-0.39, 0.29) is 5.82 Å². The van der Waals surface area contributed by atoms with Crippen molar-refractivity contribution in [3.8, 4) is 0 Å². The molecule has 2 rings (SSSR count). The van der Waals surface area contributed by atoms with Crippen LogP contribution >= 0.6 is 0 Å². The summed E-state index contributed by atoms with van der Waals surface area (Å²) in [6.07, 6.45) is 3.15. The third-order valence-corrected chi connectivity index (χ3v) is 3.01. The summed E-state index contributed by atoms with van der Waals surface area (Å²) in [4.78, 5) is 10.5. The van der Waals surface area contributed by atoms with Gasteiger partial charge in [0.15, 0.2) is 0 Å². The molecule has 4 nitrogen and oxygen atoms in total. The zero-order chi connectivity index (χ0) is 15.2. The summed E-state index contributed by atoms with van der Waals surface area (Å²) in [7, 11) is 0. The molecule has 0 aliphatic carbocycles. The molecule has 0 aliphatic heterocycles. The van der Waals surface area contributed by atoms with E-state index in [1.807, 2.05) is 6.07 Å². The number of nitrogens with two attached hydrogens (primary N) is 1. The van der Waals surface area contributed by atoms with Crippen LogP contribution in [0.1, 0.15) is 16.7 Å². The first-order chi connectivity index (χ1) is 10.1. The molecule has 0 atom stereocenters. The molecule has 5 heteroatoms. The van der Waals surface area contributed by atoms with Crippen molar-refractivity contribution in [1.82, 2.24) is 0 Å². The Morgan fingerprint density at radius 3 is 2.57 bits per heavy atom. The van der Waals surface area contributed by atoms with Gasteiger partial charge in [0.2, 0.25) is 0 Å². The minimum Gasteiger partial charge on any atom is -0.478 e.